The van der Waals surface area contributed by atoms with Crippen molar-refractivity contribution in [1.82, 2.24) is 14.8 Å². The van der Waals surface area contributed by atoms with Crippen molar-refractivity contribution in [3.8, 4) is 0 Å². The fourth-order valence-electron chi connectivity index (χ4n) is 1.50. The molecule has 0 bridgehead atoms. The number of hydrogen-bond acceptors (Lipinski definition) is 4. The lowest BCUT2D eigenvalue weighted by molar-refractivity contribution is 0.171. The summed E-state index contributed by atoms with van der Waals surface area (Å²) < 4.78 is 2.00. The van der Waals surface area contributed by atoms with E-state index in [9.17, 15) is 5.11 Å². The molecule has 5 nitrogen and oxygen atoms in total. The zero-order valence-electron chi connectivity index (χ0n) is 7.64. The molecule has 5 heteroatoms. The molecule has 0 spiro atoms. The summed E-state index contributed by atoms with van der Waals surface area (Å²) >= 11 is 0. The van der Waals surface area contributed by atoms with Crippen LogP contribution in [0.25, 0.3) is 0 Å². The highest BCUT2D eigenvalue weighted by Gasteiger charge is 2.29. The van der Waals surface area contributed by atoms with Crippen LogP contribution in [0.4, 0.5) is 0 Å². The van der Waals surface area contributed by atoms with Gasteiger partial charge in [-0.1, -0.05) is 0 Å². The fourth-order valence-corrected chi connectivity index (χ4v) is 1.50. The first-order chi connectivity index (χ1) is 6.24. The molecule has 0 amide bonds. The summed E-state index contributed by atoms with van der Waals surface area (Å²) in [6.07, 6.45) is 1.63. The molecule has 3 N–H and O–H groups in total. The Kier molecular flexibility index (Phi) is 2.05. The van der Waals surface area contributed by atoms with Crippen molar-refractivity contribution in [1.29, 1.82) is 0 Å². The Morgan fingerprint density at radius 3 is 2.85 bits per heavy atom. The maximum Gasteiger partial charge on any atom is 0.163 e. The van der Waals surface area contributed by atoms with Crippen molar-refractivity contribution in [3.05, 3.63) is 11.6 Å². The predicted octanol–water partition coefficient (Wildman–Crippen LogP) is -0.0865. The minimum Gasteiger partial charge on any atom is -0.384 e. The first kappa shape index (κ1) is 8.65. The molecule has 1 aliphatic carbocycles. The molecule has 72 valence electrons. The van der Waals surface area contributed by atoms with Crippen molar-refractivity contribution >= 4 is 0 Å². The van der Waals surface area contributed by atoms with Gasteiger partial charge in [0.1, 0.15) is 11.9 Å². The molecule has 1 aromatic rings. The van der Waals surface area contributed by atoms with Gasteiger partial charge in [0, 0.05) is 12.6 Å². The molecule has 1 aromatic heterocycles. The monoisotopic (exact) mass is 182 g/mol. The van der Waals surface area contributed by atoms with Gasteiger partial charge in [0.2, 0.25) is 0 Å². The number of nitrogens with zero attached hydrogens (tertiary/aromatic N) is 3. The van der Waals surface area contributed by atoms with Crippen molar-refractivity contribution in [2.45, 2.75) is 31.9 Å². The van der Waals surface area contributed by atoms with Gasteiger partial charge < -0.3 is 15.4 Å². The lowest BCUT2D eigenvalue weighted by Crippen LogP contribution is -2.17. The van der Waals surface area contributed by atoms with E-state index in [1.54, 1.807) is 0 Å². The van der Waals surface area contributed by atoms with Gasteiger partial charge in [0.05, 0.1) is 0 Å². The fraction of sp³-hybridized carbons (Fsp3) is 0.750. The van der Waals surface area contributed by atoms with Crippen LogP contribution in [-0.4, -0.2) is 26.4 Å². The topological polar surface area (TPSA) is 77.0 Å². The summed E-state index contributed by atoms with van der Waals surface area (Å²) in [5.74, 6) is 1.48. The van der Waals surface area contributed by atoms with Crippen LogP contribution >= 0.6 is 0 Å². The molecule has 0 aromatic carbocycles. The zero-order chi connectivity index (χ0) is 9.42. The molecular formula is C8H14N4O. The second-order valence-electron chi connectivity index (χ2n) is 3.46. The summed E-state index contributed by atoms with van der Waals surface area (Å²) in [5.41, 5.74) is 5.37. The van der Waals surface area contributed by atoms with Crippen molar-refractivity contribution < 1.29 is 5.11 Å². The van der Waals surface area contributed by atoms with E-state index in [4.69, 9.17) is 5.73 Å². The smallest absolute Gasteiger partial charge is 0.163 e. The third-order valence-electron chi connectivity index (χ3n) is 2.33. The normalized spacial score (nSPS) is 19.0. The van der Waals surface area contributed by atoms with Gasteiger partial charge in [0.15, 0.2) is 5.82 Å². The summed E-state index contributed by atoms with van der Waals surface area (Å²) in [6.45, 7) is 2.10. The Morgan fingerprint density at radius 1 is 1.62 bits per heavy atom. The van der Waals surface area contributed by atoms with Crippen molar-refractivity contribution in [2.75, 3.05) is 6.54 Å². The minimum absolute atomic E-state index is 0.199. The summed E-state index contributed by atoms with van der Waals surface area (Å²) in [7, 11) is 0. The van der Waals surface area contributed by atoms with Gasteiger partial charge in [-0.15, -0.1) is 10.2 Å². The van der Waals surface area contributed by atoms with Crippen LogP contribution < -0.4 is 5.73 Å². The van der Waals surface area contributed by atoms with Crippen molar-refractivity contribution in [3.63, 3.8) is 0 Å². The Labute approximate surface area is 76.6 Å². The van der Waals surface area contributed by atoms with E-state index in [1.165, 1.54) is 0 Å². The quantitative estimate of drug-likeness (QED) is 0.685. The highest BCUT2D eigenvalue weighted by atomic mass is 16.3. The molecule has 0 radical (unpaired) electrons. The van der Waals surface area contributed by atoms with Crippen LogP contribution in [0.5, 0.6) is 0 Å². The van der Waals surface area contributed by atoms with Gasteiger partial charge in [-0.05, 0) is 19.8 Å². The minimum atomic E-state index is -0.679. The Hall–Kier alpha value is -0.940. The third kappa shape index (κ3) is 1.45. The predicted molar refractivity (Wildman–Crippen MR) is 47.0 cm³/mol. The van der Waals surface area contributed by atoms with E-state index in [1.807, 2.05) is 11.5 Å². The maximum absolute atomic E-state index is 9.55. The van der Waals surface area contributed by atoms with E-state index in [2.05, 4.69) is 10.2 Å². The largest absolute Gasteiger partial charge is 0.384 e. The average molecular weight is 182 g/mol. The number of hydrogen-bond donors (Lipinski definition) is 2. The first-order valence-electron chi connectivity index (χ1n) is 4.53. The molecule has 2 rings (SSSR count). The van der Waals surface area contributed by atoms with Crippen LogP contribution in [-0.2, 0) is 0 Å². The maximum atomic E-state index is 9.55. The van der Waals surface area contributed by atoms with Gasteiger partial charge in [-0.2, -0.15) is 0 Å². The van der Waals surface area contributed by atoms with Crippen LogP contribution in [0.1, 0.15) is 36.6 Å². The number of aliphatic hydroxyl groups excluding tert-OH is 1. The van der Waals surface area contributed by atoms with E-state index in [0.29, 0.717) is 11.9 Å². The average Bonchev–Trinajstić information content (AvgIpc) is 2.89. The lowest BCUT2D eigenvalue weighted by atomic mass is 10.3. The molecule has 1 saturated carbocycles. The van der Waals surface area contributed by atoms with Crippen LogP contribution in [0.3, 0.4) is 0 Å². The third-order valence-corrected chi connectivity index (χ3v) is 2.33. The Bertz CT molecular complexity index is 305. The summed E-state index contributed by atoms with van der Waals surface area (Å²) in [5, 5.41) is 17.4. The Balaban J connectivity index is 2.33. The highest BCUT2D eigenvalue weighted by Crippen LogP contribution is 2.37. The molecule has 13 heavy (non-hydrogen) atoms. The summed E-state index contributed by atoms with van der Waals surface area (Å²) in [6, 6.07) is 0.492. The van der Waals surface area contributed by atoms with Crippen LogP contribution in [0.15, 0.2) is 0 Å². The van der Waals surface area contributed by atoms with E-state index >= 15 is 0 Å². The molecule has 0 saturated heterocycles. The number of aliphatic hydroxyl groups is 1. The molecule has 1 atom stereocenters. The standard InChI is InChI=1S/C8H14N4O/c1-5-10-11-8(7(13)4-9)12(5)6-2-3-6/h6-7,13H,2-4,9H2,1H3. The van der Waals surface area contributed by atoms with Gasteiger partial charge in [0.25, 0.3) is 0 Å². The van der Waals surface area contributed by atoms with E-state index in [0.717, 1.165) is 18.7 Å². The lowest BCUT2D eigenvalue weighted by Gasteiger charge is -2.10. The second kappa shape index (κ2) is 3.08. The number of rotatable bonds is 3. The molecule has 1 heterocycles. The van der Waals surface area contributed by atoms with Gasteiger partial charge in [-0.25, -0.2) is 0 Å². The first-order valence-corrected chi connectivity index (χ1v) is 4.53. The Morgan fingerprint density at radius 2 is 2.31 bits per heavy atom. The van der Waals surface area contributed by atoms with Gasteiger partial charge in [-0.3, -0.25) is 0 Å². The zero-order valence-corrected chi connectivity index (χ0v) is 7.64. The number of aromatic nitrogens is 3. The molecular weight excluding hydrogens is 168 g/mol. The van der Waals surface area contributed by atoms with Crippen molar-refractivity contribution in [2.24, 2.45) is 5.73 Å². The second-order valence-corrected chi connectivity index (χ2v) is 3.46. The van der Waals surface area contributed by atoms with E-state index < -0.39 is 6.10 Å². The van der Waals surface area contributed by atoms with E-state index in [-0.39, 0.29) is 6.54 Å². The molecule has 1 fully saturated rings. The molecule has 1 unspecified atom stereocenters. The molecule has 1 aliphatic rings. The number of nitrogens with two attached hydrogens (primary N) is 1. The summed E-state index contributed by atoms with van der Waals surface area (Å²) in [4.78, 5) is 0. The SMILES string of the molecule is Cc1nnc(C(O)CN)n1C1CC1. The van der Waals surface area contributed by atoms with Crippen LogP contribution in [0, 0.1) is 6.92 Å². The number of aryl methyl sites for hydroxylation is 1. The highest BCUT2D eigenvalue weighted by molar-refractivity contribution is 5.04. The van der Waals surface area contributed by atoms with Crippen LogP contribution in [0.2, 0.25) is 0 Å². The molecule has 0 aliphatic heterocycles. The van der Waals surface area contributed by atoms with Gasteiger partial charge >= 0.3 is 0 Å².